The third kappa shape index (κ3) is 7.87. The molecular weight excluding hydrogens is 192 g/mol. The van der Waals surface area contributed by atoms with Crippen molar-refractivity contribution in [2.75, 3.05) is 0 Å². The maximum atomic E-state index is 10.6. The molecule has 0 aromatic heterocycles. The normalized spacial score (nSPS) is 8.79. The average molecular weight is 210 g/mol. The standard InChI is InChI=1S/C9H10OS.C3H8/c1-8(10)11-7-9-5-3-2-4-6-9;1-3-2/h2-6H,7H2,1H3;3H2,1-2H3. The summed E-state index contributed by atoms with van der Waals surface area (Å²) in [6, 6.07) is 9.99. The highest BCUT2D eigenvalue weighted by atomic mass is 32.2. The minimum atomic E-state index is 0.175. The molecule has 1 rings (SSSR count). The average Bonchev–Trinajstić information content (AvgIpc) is 2.18. The van der Waals surface area contributed by atoms with E-state index < -0.39 is 0 Å². The van der Waals surface area contributed by atoms with Gasteiger partial charge in [0.15, 0.2) is 5.12 Å². The van der Waals surface area contributed by atoms with Crippen LogP contribution in [-0.2, 0) is 10.5 Å². The van der Waals surface area contributed by atoms with Crippen LogP contribution in [0.25, 0.3) is 0 Å². The molecule has 0 aliphatic carbocycles. The van der Waals surface area contributed by atoms with Gasteiger partial charge in [-0.3, -0.25) is 4.79 Å². The molecule has 0 unspecified atom stereocenters. The lowest BCUT2D eigenvalue weighted by molar-refractivity contribution is -0.109. The van der Waals surface area contributed by atoms with E-state index in [0.29, 0.717) is 0 Å². The highest BCUT2D eigenvalue weighted by Crippen LogP contribution is 2.11. The summed E-state index contributed by atoms with van der Waals surface area (Å²) in [5.41, 5.74) is 1.20. The van der Waals surface area contributed by atoms with Gasteiger partial charge in [-0.1, -0.05) is 62.4 Å². The lowest BCUT2D eigenvalue weighted by Gasteiger charge is -1.95. The van der Waals surface area contributed by atoms with Gasteiger partial charge in [0, 0.05) is 12.7 Å². The van der Waals surface area contributed by atoms with E-state index in [2.05, 4.69) is 13.8 Å². The number of rotatable bonds is 2. The molecule has 0 heterocycles. The molecule has 1 aromatic rings. The Morgan fingerprint density at radius 3 is 2.14 bits per heavy atom. The Morgan fingerprint density at radius 2 is 1.71 bits per heavy atom. The molecule has 0 saturated heterocycles. The fraction of sp³-hybridized carbons (Fsp3) is 0.417. The fourth-order valence-corrected chi connectivity index (χ4v) is 1.32. The molecule has 1 aromatic carbocycles. The highest BCUT2D eigenvalue weighted by Gasteiger charge is 1.94. The number of carbonyl (C=O) groups excluding carboxylic acids is 1. The fourth-order valence-electron chi connectivity index (χ4n) is 0.759. The molecule has 0 spiro atoms. The van der Waals surface area contributed by atoms with Crippen LogP contribution in [0.1, 0.15) is 32.8 Å². The minimum absolute atomic E-state index is 0.175. The molecule has 1 nitrogen and oxygen atoms in total. The van der Waals surface area contributed by atoms with E-state index in [-0.39, 0.29) is 5.12 Å². The molecular formula is C12H18OS. The summed E-state index contributed by atoms with van der Waals surface area (Å²) in [6.07, 6.45) is 1.25. The third-order valence-electron chi connectivity index (χ3n) is 1.28. The van der Waals surface area contributed by atoms with E-state index in [0.717, 1.165) is 5.75 Å². The van der Waals surface area contributed by atoms with Gasteiger partial charge < -0.3 is 0 Å². The topological polar surface area (TPSA) is 17.1 Å². The van der Waals surface area contributed by atoms with Crippen LogP contribution in [0, 0.1) is 0 Å². The van der Waals surface area contributed by atoms with Crippen molar-refractivity contribution in [2.45, 2.75) is 32.9 Å². The van der Waals surface area contributed by atoms with Crippen molar-refractivity contribution in [1.29, 1.82) is 0 Å². The van der Waals surface area contributed by atoms with Crippen molar-refractivity contribution in [1.82, 2.24) is 0 Å². The summed E-state index contributed by atoms with van der Waals surface area (Å²) in [7, 11) is 0. The number of carbonyl (C=O) groups is 1. The summed E-state index contributed by atoms with van der Waals surface area (Å²) in [5, 5.41) is 0.175. The van der Waals surface area contributed by atoms with Crippen molar-refractivity contribution in [3.8, 4) is 0 Å². The first-order chi connectivity index (χ1) is 6.70. The Bertz CT molecular complexity index is 244. The van der Waals surface area contributed by atoms with Crippen LogP contribution >= 0.6 is 11.8 Å². The first-order valence-corrected chi connectivity index (χ1v) is 5.86. The van der Waals surface area contributed by atoms with Gasteiger partial charge in [0.05, 0.1) is 0 Å². The second kappa shape index (κ2) is 8.82. The first-order valence-electron chi connectivity index (χ1n) is 4.88. The van der Waals surface area contributed by atoms with E-state index in [4.69, 9.17) is 0 Å². The zero-order valence-electron chi connectivity index (χ0n) is 9.12. The lowest BCUT2D eigenvalue weighted by Crippen LogP contribution is -1.84. The summed E-state index contributed by atoms with van der Waals surface area (Å²) in [6.45, 7) is 5.84. The van der Waals surface area contributed by atoms with Crippen molar-refractivity contribution in [3.63, 3.8) is 0 Å². The molecule has 0 N–H and O–H groups in total. The Kier molecular flexibility index (Phi) is 8.34. The molecule has 2 heteroatoms. The van der Waals surface area contributed by atoms with E-state index >= 15 is 0 Å². The second-order valence-corrected chi connectivity index (χ2v) is 4.13. The zero-order valence-corrected chi connectivity index (χ0v) is 9.93. The molecule has 0 bridgehead atoms. The molecule has 0 radical (unpaired) electrons. The predicted octanol–water partition coefficient (Wildman–Crippen LogP) is 3.88. The quantitative estimate of drug-likeness (QED) is 0.736. The second-order valence-electron chi connectivity index (χ2n) is 2.97. The van der Waals surface area contributed by atoms with Crippen LogP contribution in [0.3, 0.4) is 0 Å². The first kappa shape index (κ1) is 13.2. The smallest absolute Gasteiger partial charge is 0.186 e. The van der Waals surface area contributed by atoms with Gasteiger partial charge in [0.25, 0.3) is 0 Å². The number of hydrogen-bond acceptors (Lipinski definition) is 2. The maximum Gasteiger partial charge on any atom is 0.186 e. The monoisotopic (exact) mass is 210 g/mol. The Balaban J connectivity index is 0.000000500. The number of hydrogen-bond donors (Lipinski definition) is 0. The van der Waals surface area contributed by atoms with Crippen LogP contribution in [0.4, 0.5) is 0 Å². The minimum Gasteiger partial charge on any atom is -0.288 e. The SMILES string of the molecule is CC(=O)SCc1ccccc1.CCC. The van der Waals surface area contributed by atoms with Crippen LogP contribution in [-0.4, -0.2) is 5.12 Å². The Labute approximate surface area is 90.9 Å². The van der Waals surface area contributed by atoms with Crippen molar-refractivity contribution < 1.29 is 4.79 Å². The van der Waals surface area contributed by atoms with Crippen LogP contribution in [0.5, 0.6) is 0 Å². The summed E-state index contributed by atoms with van der Waals surface area (Å²) in [4.78, 5) is 10.6. The van der Waals surface area contributed by atoms with Crippen LogP contribution in [0.2, 0.25) is 0 Å². The Morgan fingerprint density at radius 1 is 1.21 bits per heavy atom. The van der Waals surface area contributed by atoms with Gasteiger partial charge in [0.1, 0.15) is 0 Å². The van der Waals surface area contributed by atoms with Gasteiger partial charge in [-0.15, -0.1) is 0 Å². The highest BCUT2D eigenvalue weighted by molar-refractivity contribution is 8.12. The predicted molar refractivity (Wildman–Crippen MR) is 64.4 cm³/mol. The largest absolute Gasteiger partial charge is 0.288 e. The lowest BCUT2D eigenvalue weighted by atomic mass is 10.2. The third-order valence-corrected chi connectivity index (χ3v) is 2.17. The van der Waals surface area contributed by atoms with Crippen LogP contribution in [0.15, 0.2) is 30.3 Å². The molecule has 0 atom stereocenters. The molecule has 0 aliphatic heterocycles. The Hall–Kier alpha value is -0.760. The van der Waals surface area contributed by atoms with E-state index in [1.54, 1.807) is 6.92 Å². The van der Waals surface area contributed by atoms with Crippen molar-refractivity contribution >= 4 is 16.9 Å². The summed E-state index contributed by atoms with van der Waals surface area (Å²) >= 11 is 1.35. The van der Waals surface area contributed by atoms with Gasteiger partial charge >= 0.3 is 0 Å². The van der Waals surface area contributed by atoms with Crippen LogP contribution < -0.4 is 0 Å². The molecule has 78 valence electrons. The molecule has 0 aliphatic rings. The van der Waals surface area contributed by atoms with Crippen molar-refractivity contribution in [2.24, 2.45) is 0 Å². The van der Waals surface area contributed by atoms with E-state index in [1.165, 1.54) is 23.7 Å². The summed E-state index contributed by atoms with van der Waals surface area (Å²) < 4.78 is 0. The molecule has 14 heavy (non-hydrogen) atoms. The molecule has 0 saturated carbocycles. The molecule has 0 amide bonds. The van der Waals surface area contributed by atoms with Crippen molar-refractivity contribution in [3.05, 3.63) is 35.9 Å². The summed E-state index contributed by atoms with van der Waals surface area (Å²) in [5.74, 6) is 0.788. The van der Waals surface area contributed by atoms with Gasteiger partial charge in [0.2, 0.25) is 0 Å². The number of benzene rings is 1. The number of thioether (sulfide) groups is 1. The van der Waals surface area contributed by atoms with E-state index in [9.17, 15) is 4.79 Å². The maximum absolute atomic E-state index is 10.6. The zero-order chi connectivity index (χ0) is 10.8. The van der Waals surface area contributed by atoms with Gasteiger partial charge in [-0.05, 0) is 5.56 Å². The van der Waals surface area contributed by atoms with E-state index in [1.807, 2.05) is 30.3 Å². The molecule has 0 fully saturated rings. The van der Waals surface area contributed by atoms with Gasteiger partial charge in [-0.25, -0.2) is 0 Å². The van der Waals surface area contributed by atoms with Gasteiger partial charge in [-0.2, -0.15) is 0 Å².